The number of rotatable bonds is 4. The number of carbonyl (C=O) groups excluding carboxylic acids is 1. The molecule has 0 unspecified atom stereocenters. The lowest BCUT2D eigenvalue weighted by atomic mass is 10.0. The third-order valence-electron chi connectivity index (χ3n) is 3.11. The average molecular weight is 304 g/mol. The smallest absolute Gasteiger partial charge is 0.271 e. The zero-order chi connectivity index (χ0) is 16.3. The highest BCUT2D eigenvalue weighted by Crippen LogP contribution is 2.22. The third kappa shape index (κ3) is 3.55. The Morgan fingerprint density at radius 1 is 1.14 bits per heavy atom. The van der Waals surface area contributed by atoms with Gasteiger partial charge in [-0.25, -0.2) is 9.97 Å². The molecule has 120 valence electrons. The maximum absolute atomic E-state index is 11.8. The van der Waals surface area contributed by atoms with Crippen molar-refractivity contribution in [3.63, 3.8) is 0 Å². The minimum absolute atomic E-state index is 0. The van der Waals surface area contributed by atoms with Gasteiger partial charge in [-0.2, -0.15) is 0 Å². The Balaban J connectivity index is 0.00000264. The standard InChI is InChI=1S/C15H20N6O.2H2/c1-8(2)11-7-13(20-21-14(11)15(22)16-5)19-12-6-9(3)17-10(4)18-12;;/h6-8H,1-5H3,(H,16,22)(H,17,18,19,20);2*1H. The van der Waals surface area contributed by atoms with E-state index in [1.165, 1.54) is 0 Å². The highest BCUT2D eigenvalue weighted by atomic mass is 16.1. The summed E-state index contributed by atoms with van der Waals surface area (Å²) in [5, 5.41) is 13.8. The summed E-state index contributed by atoms with van der Waals surface area (Å²) in [7, 11) is 1.58. The first-order valence-electron chi connectivity index (χ1n) is 7.09. The van der Waals surface area contributed by atoms with Crippen LogP contribution in [-0.4, -0.2) is 33.1 Å². The van der Waals surface area contributed by atoms with Crippen LogP contribution in [0.2, 0.25) is 0 Å². The second-order valence-corrected chi connectivity index (χ2v) is 5.33. The number of anilines is 2. The monoisotopic (exact) mass is 304 g/mol. The molecule has 0 saturated heterocycles. The molecule has 0 aromatic carbocycles. The van der Waals surface area contributed by atoms with Gasteiger partial charge in [0, 0.05) is 21.7 Å². The fourth-order valence-corrected chi connectivity index (χ4v) is 2.11. The molecule has 0 spiro atoms. The summed E-state index contributed by atoms with van der Waals surface area (Å²) in [6, 6.07) is 3.66. The molecule has 0 atom stereocenters. The number of aromatic nitrogens is 4. The third-order valence-corrected chi connectivity index (χ3v) is 3.11. The Kier molecular flexibility index (Phi) is 4.65. The van der Waals surface area contributed by atoms with Gasteiger partial charge in [0.25, 0.3) is 5.91 Å². The van der Waals surface area contributed by atoms with Crippen molar-refractivity contribution >= 4 is 17.5 Å². The van der Waals surface area contributed by atoms with E-state index in [2.05, 4.69) is 30.8 Å². The van der Waals surface area contributed by atoms with Gasteiger partial charge in [0.05, 0.1) is 0 Å². The van der Waals surface area contributed by atoms with Crippen molar-refractivity contribution in [1.82, 2.24) is 25.5 Å². The largest absolute Gasteiger partial charge is 0.354 e. The molecule has 22 heavy (non-hydrogen) atoms. The Bertz CT molecular complexity index is 688. The van der Waals surface area contributed by atoms with Crippen LogP contribution in [0.4, 0.5) is 11.6 Å². The molecule has 0 radical (unpaired) electrons. The van der Waals surface area contributed by atoms with Crippen LogP contribution in [0.25, 0.3) is 0 Å². The van der Waals surface area contributed by atoms with Crippen molar-refractivity contribution in [3.8, 4) is 0 Å². The summed E-state index contributed by atoms with van der Waals surface area (Å²) in [6.07, 6.45) is 0. The fraction of sp³-hybridized carbons (Fsp3) is 0.400. The van der Waals surface area contributed by atoms with Crippen molar-refractivity contribution in [2.24, 2.45) is 0 Å². The predicted octanol–water partition coefficient (Wildman–Crippen LogP) is 2.60. The molecule has 1 amide bonds. The second kappa shape index (κ2) is 6.46. The highest BCUT2D eigenvalue weighted by Gasteiger charge is 2.16. The van der Waals surface area contributed by atoms with Gasteiger partial charge in [-0.15, -0.1) is 10.2 Å². The van der Waals surface area contributed by atoms with Crippen molar-refractivity contribution in [1.29, 1.82) is 0 Å². The minimum atomic E-state index is -0.239. The van der Waals surface area contributed by atoms with Gasteiger partial charge in [0.15, 0.2) is 11.5 Å². The van der Waals surface area contributed by atoms with Crippen LogP contribution >= 0.6 is 0 Å². The maximum Gasteiger partial charge on any atom is 0.271 e. The summed E-state index contributed by atoms with van der Waals surface area (Å²) in [5.74, 6) is 1.80. The zero-order valence-electron chi connectivity index (χ0n) is 13.4. The number of nitrogens with zero attached hydrogens (tertiary/aromatic N) is 4. The van der Waals surface area contributed by atoms with E-state index in [4.69, 9.17) is 0 Å². The van der Waals surface area contributed by atoms with E-state index in [0.29, 0.717) is 23.2 Å². The molecule has 0 aliphatic carbocycles. The van der Waals surface area contributed by atoms with E-state index < -0.39 is 0 Å². The van der Waals surface area contributed by atoms with E-state index in [0.717, 1.165) is 11.3 Å². The Labute approximate surface area is 132 Å². The summed E-state index contributed by atoms with van der Waals surface area (Å²) in [6.45, 7) is 7.75. The van der Waals surface area contributed by atoms with Gasteiger partial charge < -0.3 is 10.6 Å². The normalized spacial score (nSPS) is 10.6. The van der Waals surface area contributed by atoms with Gasteiger partial charge in [0.2, 0.25) is 0 Å². The van der Waals surface area contributed by atoms with Crippen molar-refractivity contribution < 1.29 is 7.65 Å². The molecule has 7 nitrogen and oxygen atoms in total. The minimum Gasteiger partial charge on any atom is -0.354 e. The number of amides is 1. The van der Waals surface area contributed by atoms with E-state index >= 15 is 0 Å². The molecule has 7 heteroatoms. The summed E-state index contributed by atoms with van der Waals surface area (Å²) >= 11 is 0. The molecule has 0 saturated carbocycles. The number of nitrogens with one attached hydrogen (secondary N) is 2. The average Bonchev–Trinajstić information content (AvgIpc) is 2.45. The van der Waals surface area contributed by atoms with E-state index in [9.17, 15) is 4.79 Å². The Morgan fingerprint density at radius 3 is 2.45 bits per heavy atom. The zero-order valence-corrected chi connectivity index (χ0v) is 13.4. The van der Waals surface area contributed by atoms with Crippen molar-refractivity contribution in [3.05, 3.63) is 34.9 Å². The summed E-state index contributed by atoms with van der Waals surface area (Å²) < 4.78 is 0. The first-order valence-corrected chi connectivity index (χ1v) is 7.09. The lowest BCUT2D eigenvalue weighted by Crippen LogP contribution is -2.22. The van der Waals surface area contributed by atoms with Crippen LogP contribution in [0.3, 0.4) is 0 Å². The lowest BCUT2D eigenvalue weighted by Gasteiger charge is -2.12. The van der Waals surface area contributed by atoms with E-state index in [1.807, 2.05) is 39.8 Å². The van der Waals surface area contributed by atoms with Crippen LogP contribution in [0.1, 0.15) is 50.2 Å². The number of hydrogen-bond acceptors (Lipinski definition) is 6. The van der Waals surface area contributed by atoms with Gasteiger partial charge in [-0.3, -0.25) is 4.79 Å². The van der Waals surface area contributed by atoms with Gasteiger partial charge in [0.1, 0.15) is 11.6 Å². The molecular formula is C15H24N6O. The van der Waals surface area contributed by atoms with Crippen molar-refractivity contribution in [2.45, 2.75) is 33.6 Å². The lowest BCUT2D eigenvalue weighted by molar-refractivity contribution is 0.0955. The number of carbonyl (C=O) groups is 1. The van der Waals surface area contributed by atoms with Crippen molar-refractivity contribution in [2.75, 3.05) is 12.4 Å². The van der Waals surface area contributed by atoms with Gasteiger partial charge in [-0.05, 0) is 31.4 Å². The fourth-order valence-electron chi connectivity index (χ4n) is 2.11. The Hall–Kier alpha value is -2.57. The first-order chi connectivity index (χ1) is 10.4. The molecular weight excluding hydrogens is 280 g/mol. The predicted molar refractivity (Wildman–Crippen MR) is 88.5 cm³/mol. The molecule has 2 rings (SSSR count). The molecule has 2 aromatic rings. The summed E-state index contributed by atoms with van der Waals surface area (Å²) in [5.41, 5.74) is 2.05. The quantitative estimate of drug-likeness (QED) is 0.902. The van der Waals surface area contributed by atoms with Gasteiger partial charge >= 0.3 is 0 Å². The SMILES string of the molecule is CNC(=O)c1nnc(Nc2cc(C)nc(C)n2)cc1C(C)C.[HH].[HH]. The Morgan fingerprint density at radius 2 is 1.86 bits per heavy atom. The molecule has 0 fully saturated rings. The molecule has 0 aliphatic heterocycles. The number of hydrogen-bond donors (Lipinski definition) is 2. The second-order valence-electron chi connectivity index (χ2n) is 5.33. The molecule has 2 aromatic heterocycles. The van der Waals surface area contributed by atoms with E-state index in [-0.39, 0.29) is 14.7 Å². The molecule has 2 N–H and O–H groups in total. The maximum atomic E-state index is 11.8. The van der Waals surface area contributed by atoms with Crippen LogP contribution in [-0.2, 0) is 0 Å². The highest BCUT2D eigenvalue weighted by molar-refractivity contribution is 5.93. The topological polar surface area (TPSA) is 92.7 Å². The number of aryl methyl sites for hydroxylation is 2. The first kappa shape index (κ1) is 15.8. The van der Waals surface area contributed by atoms with Crippen LogP contribution in [0.15, 0.2) is 12.1 Å². The molecule has 0 bridgehead atoms. The molecule has 0 aliphatic rings. The van der Waals surface area contributed by atoms with Crippen LogP contribution < -0.4 is 10.6 Å². The van der Waals surface area contributed by atoms with Gasteiger partial charge in [-0.1, -0.05) is 13.8 Å². The van der Waals surface area contributed by atoms with Crippen LogP contribution in [0, 0.1) is 13.8 Å². The molecule has 2 heterocycles. The van der Waals surface area contributed by atoms with Crippen LogP contribution in [0.5, 0.6) is 0 Å². The summed E-state index contributed by atoms with van der Waals surface area (Å²) in [4.78, 5) is 20.4. The van der Waals surface area contributed by atoms with E-state index in [1.54, 1.807) is 7.05 Å².